The maximum atomic E-state index is 11.9. The zero-order valence-electron chi connectivity index (χ0n) is 11.1. The topological polar surface area (TPSA) is 58.2 Å². The molecule has 1 saturated heterocycles. The lowest BCUT2D eigenvalue weighted by Gasteiger charge is -2.27. The van der Waals surface area contributed by atoms with E-state index in [1.54, 1.807) is 0 Å². The molecule has 2 fully saturated rings. The summed E-state index contributed by atoms with van der Waals surface area (Å²) in [4.78, 5) is 23.0. The van der Waals surface area contributed by atoms with E-state index in [4.69, 9.17) is 11.6 Å². The third-order valence-electron chi connectivity index (χ3n) is 3.94. The van der Waals surface area contributed by atoms with E-state index in [9.17, 15) is 9.59 Å². The Morgan fingerprint density at radius 2 is 1.85 bits per heavy atom. The van der Waals surface area contributed by atoms with Crippen molar-refractivity contribution in [3.8, 4) is 0 Å². The Morgan fingerprint density at radius 3 is 2.45 bits per heavy atom. The number of hydrogen-bond donors (Lipinski definition) is 2. The molecule has 1 aliphatic heterocycles. The summed E-state index contributed by atoms with van der Waals surface area (Å²) in [6, 6.07) is 7.64. The van der Waals surface area contributed by atoms with Crippen molar-refractivity contribution in [1.82, 2.24) is 10.6 Å². The van der Waals surface area contributed by atoms with Gasteiger partial charge in [0.15, 0.2) is 0 Å². The summed E-state index contributed by atoms with van der Waals surface area (Å²) in [5.74, 6) is 0.185. The fourth-order valence-corrected chi connectivity index (χ4v) is 2.80. The number of hydrogen-bond acceptors (Lipinski definition) is 3. The van der Waals surface area contributed by atoms with Crippen LogP contribution in [-0.2, 0) is 9.59 Å². The van der Waals surface area contributed by atoms with Crippen LogP contribution in [0.15, 0.2) is 24.3 Å². The number of carbonyl (C=O) groups excluding carboxylic acids is 2. The van der Waals surface area contributed by atoms with Gasteiger partial charge >= 0.3 is 0 Å². The lowest BCUT2D eigenvalue weighted by atomic mass is 9.98. The highest BCUT2D eigenvalue weighted by molar-refractivity contribution is 6.30. The molecule has 3 rings (SSSR count). The van der Waals surface area contributed by atoms with Gasteiger partial charge in [-0.1, -0.05) is 23.7 Å². The summed E-state index contributed by atoms with van der Waals surface area (Å²) >= 11 is 5.92. The second kappa shape index (κ2) is 5.54. The van der Waals surface area contributed by atoms with Crippen LogP contribution >= 0.6 is 11.6 Å². The van der Waals surface area contributed by atoms with E-state index in [0.717, 1.165) is 5.56 Å². The van der Waals surface area contributed by atoms with Gasteiger partial charge in [0.25, 0.3) is 0 Å². The van der Waals surface area contributed by atoms with E-state index in [0.29, 0.717) is 23.8 Å². The summed E-state index contributed by atoms with van der Waals surface area (Å²) in [6.07, 6.45) is 3.32. The monoisotopic (exact) mass is 292 g/mol. The molecule has 2 unspecified atom stereocenters. The standard InChI is InChI=1S/C15H17ClN2O2/c16-11-5-3-10(4-6-11)14(9-1-2-9)17-12-7-8-13(19)18-15(12)20/h3-6,9,12,14,17H,1-2,7-8H2,(H,18,19,20). The van der Waals surface area contributed by atoms with E-state index in [1.165, 1.54) is 12.8 Å². The molecule has 1 heterocycles. The third kappa shape index (κ3) is 3.02. The molecule has 0 bridgehead atoms. The van der Waals surface area contributed by atoms with Crippen LogP contribution in [0.2, 0.25) is 5.02 Å². The third-order valence-corrected chi connectivity index (χ3v) is 4.19. The molecule has 1 saturated carbocycles. The lowest BCUT2D eigenvalue weighted by molar-refractivity contribution is -0.134. The molecule has 0 aromatic heterocycles. The molecule has 1 aromatic rings. The minimum atomic E-state index is -0.283. The van der Waals surface area contributed by atoms with Crippen LogP contribution in [0.4, 0.5) is 0 Å². The Kier molecular flexibility index (Phi) is 3.76. The van der Waals surface area contributed by atoms with E-state index >= 15 is 0 Å². The largest absolute Gasteiger partial charge is 0.299 e. The van der Waals surface area contributed by atoms with E-state index in [-0.39, 0.29) is 23.9 Å². The lowest BCUT2D eigenvalue weighted by Crippen LogP contribution is -2.51. The van der Waals surface area contributed by atoms with Crippen LogP contribution in [-0.4, -0.2) is 17.9 Å². The number of piperidine rings is 1. The van der Waals surface area contributed by atoms with Crippen LogP contribution in [0.5, 0.6) is 0 Å². The van der Waals surface area contributed by atoms with Crippen LogP contribution in [0.3, 0.4) is 0 Å². The predicted molar refractivity (Wildman–Crippen MR) is 76.2 cm³/mol. The SMILES string of the molecule is O=C1CCC(NC(c2ccc(Cl)cc2)C2CC2)C(=O)N1. The first-order valence-electron chi connectivity index (χ1n) is 6.98. The van der Waals surface area contributed by atoms with Crippen molar-refractivity contribution in [3.63, 3.8) is 0 Å². The quantitative estimate of drug-likeness (QED) is 0.836. The second-order valence-electron chi connectivity index (χ2n) is 5.54. The van der Waals surface area contributed by atoms with Crippen LogP contribution in [0, 0.1) is 5.92 Å². The van der Waals surface area contributed by atoms with Crippen LogP contribution in [0.1, 0.15) is 37.3 Å². The van der Waals surface area contributed by atoms with Crippen molar-refractivity contribution in [2.24, 2.45) is 5.92 Å². The van der Waals surface area contributed by atoms with Gasteiger partial charge < -0.3 is 0 Å². The van der Waals surface area contributed by atoms with Crippen molar-refractivity contribution < 1.29 is 9.59 Å². The molecule has 20 heavy (non-hydrogen) atoms. The summed E-state index contributed by atoms with van der Waals surface area (Å²) < 4.78 is 0. The molecule has 106 valence electrons. The highest BCUT2D eigenvalue weighted by atomic mass is 35.5. The van der Waals surface area contributed by atoms with E-state index in [2.05, 4.69) is 10.6 Å². The normalized spacial score (nSPS) is 24.4. The molecule has 4 nitrogen and oxygen atoms in total. The van der Waals surface area contributed by atoms with Gasteiger partial charge in [0.2, 0.25) is 11.8 Å². The smallest absolute Gasteiger partial charge is 0.243 e. The van der Waals surface area contributed by atoms with Crippen LogP contribution in [0.25, 0.3) is 0 Å². The molecule has 2 atom stereocenters. The zero-order chi connectivity index (χ0) is 14.1. The molecular weight excluding hydrogens is 276 g/mol. The van der Waals surface area contributed by atoms with Crippen molar-refractivity contribution in [2.45, 2.75) is 37.8 Å². The number of carbonyl (C=O) groups is 2. The first-order chi connectivity index (χ1) is 9.63. The highest BCUT2D eigenvalue weighted by Crippen LogP contribution is 2.41. The molecule has 2 N–H and O–H groups in total. The van der Waals surface area contributed by atoms with Gasteiger partial charge in [-0.25, -0.2) is 0 Å². The molecular formula is C15H17ClN2O2. The number of rotatable bonds is 4. The number of nitrogens with one attached hydrogen (secondary N) is 2. The maximum absolute atomic E-state index is 11.9. The summed E-state index contributed by atoms with van der Waals surface area (Å²) in [7, 11) is 0. The van der Waals surface area contributed by atoms with Gasteiger partial charge in [0.05, 0.1) is 6.04 Å². The van der Waals surface area contributed by atoms with Crippen LogP contribution < -0.4 is 10.6 Å². The Bertz CT molecular complexity index is 525. The van der Waals surface area contributed by atoms with Crippen molar-refractivity contribution >= 4 is 23.4 Å². The van der Waals surface area contributed by atoms with Crippen molar-refractivity contribution in [2.75, 3.05) is 0 Å². The predicted octanol–water partition coefficient (Wildman–Crippen LogP) is 2.19. The summed E-state index contributed by atoms with van der Waals surface area (Å²) in [6.45, 7) is 0. The zero-order valence-corrected chi connectivity index (χ0v) is 11.8. The van der Waals surface area contributed by atoms with Gasteiger partial charge in [-0.3, -0.25) is 20.2 Å². The Balaban J connectivity index is 1.73. The van der Waals surface area contributed by atoms with Gasteiger partial charge in [-0.05, 0) is 42.9 Å². The Hall–Kier alpha value is -1.39. The number of benzene rings is 1. The molecule has 1 aliphatic carbocycles. The van der Waals surface area contributed by atoms with Gasteiger partial charge in [0.1, 0.15) is 0 Å². The highest BCUT2D eigenvalue weighted by Gasteiger charge is 2.36. The molecule has 5 heteroatoms. The van der Waals surface area contributed by atoms with Gasteiger partial charge in [-0.15, -0.1) is 0 Å². The molecule has 1 aromatic carbocycles. The van der Waals surface area contributed by atoms with Crippen molar-refractivity contribution in [1.29, 1.82) is 0 Å². The first-order valence-corrected chi connectivity index (χ1v) is 7.36. The average molecular weight is 293 g/mol. The number of halogens is 1. The number of imide groups is 1. The second-order valence-corrected chi connectivity index (χ2v) is 5.97. The van der Waals surface area contributed by atoms with E-state index in [1.807, 2.05) is 24.3 Å². The number of amides is 2. The molecule has 0 spiro atoms. The minimum Gasteiger partial charge on any atom is -0.299 e. The maximum Gasteiger partial charge on any atom is 0.243 e. The minimum absolute atomic E-state index is 0.163. The fourth-order valence-electron chi connectivity index (χ4n) is 2.67. The molecule has 2 amide bonds. The van der Waals surface area contributed by atoms with E-state index < -0.39 is 0 Å². The van der Waals surface area contributed by atoms with Gasteiger partial charge in [-0.2, -0.15) is 0 Å². The Morgan fingerprint density at radius 1 is 1.15 bits per heavy atom. The van der Waals surface area contributed by atoms with Gasteiger partial charge in [0, 0.05) is 17.5 Å². The average Bonchev–Trinajstić information content (AvgIpc) is 3.24. The first kappa shape index (κ1) is 13.6. The molecule has 0 radical (unpaired) electrons. The molecule has 2 aliphatic rings. The fraction of sp³-hybridized carbons (Fsp3) is 0.467. The Labute approximate surface area is 122 Å². The van der Waals surface area contributed by atoms with Crippen molar-refractivity contribution in [3.05, 3.63) is 34.9 Å². The summed E-state index contributed by atoms with van der Waals surface area (Å²) in [5.41, 5.74) is 1.15. The summed E-state index contributed by atoms with van der Waals surface area (Å²) in [5, 5.41) is 6.52.